The summed E-state index contributed by atoms with van der Waals surface area (Å²) in [6.07, 6.45) is 1.79. The van der Waals surface area contributed by atoms with Crippen LogP contribution in [0.5, 0.6) is 0 Å². The van der Waals surface area contributed by atoms with Crippen LogP contribution in [0.3, 0.4) is 0 Å². The van der Waals surface area contributed by atoms with E-state index in [1.165, 1.54) is 4.88 Å². The van der Waals surface area contributed by atoms with Crippen molar-refractivity contribution in [2.45, 2.75) is 18.8 Å². The smallest absolute Gasteiger partial charge is 0.160 e. The Hall–Kier alpha value is -1.39. The highest BCUT2D eigenvalue weighted by Crippen LogP contribution is 2.25. The van der Waals surface area contributed by atoms with Gasteiger partial charge in [-0.15, -0.1) is 22.9 Å². The van der Waals surface area contributed by atoms with Crippen molar-refractivity contribution in [2.24, 2.45) is 0 Å². The number of thiophene rings is 1. The van der Waals surface area contributed by atoms with Crippen LogP contribution in [0.2, 0.25) is 0 Å². The molecule has 0 radical (unpaired) electrons. The Morgan fingerprint density at radius 2 is 2.28 bits per heavy atom. The minimum Gasteiger partial charge on any atom is -0.306 e. The lowest BCUT2D eigenvalue weighted by atomic mass is 10.4. The van der Waals surface area contributed by atoms with E-state index in [1.807, 2.05) is 19.1 Å². The maximum Gasteiger partial charge on any atom is 0.160 e. The van der Waals surface area contributed by atoms with E-state index in [0.29, 0.717) is 0 Å². The summed E-state index contributed by atoms with van der Waals surface area (Å²) in [6.45, 7) is 2.71. The Labute approximate surface area is 114 Å². The van der Waals surface area contributed by atoms with Crippen molar-refractivity contribution in [1.29, 1.82) is 0 Å². The SMILES string of the molecule is CC(Cl)c1nc2cccnc2n1Cc1cccs1. The zero-order chi connectivity index (χ0) is 12.5. The predicted molar refractivity (Wildman–Crippen MR) is 75.2 cm³/mol. The molecule has 0 amide bonds. The molecule has 0 saturated heterocycles. The number of fused-ring (bicyclic) bond motifs is 1. The maximum atomic E-state index is 6.21. The van der Waals surface area contributed by atoms with E-state index >= 15 is 0 Å². The molecule has 5 heteroatoms. The van der Waals surface area contributed by atoms with Gasteiger partial charge in [-0.2, -0.15) is 0 Å². The Kier molecular flexibility index (Phi) is 3.06. The van der Waals surface area contributed by atoms with E-state index in [2.05, 4.69) is 32.0 Å². The molecular weight excluding hydrogens is 266 g/mol. The highest BCUT2D eigenvalue weighted by Gasteiger charge is 2.15. The van der Waals surface area contributed by atoms with Gasteiger partial charge in [0.1, 0.15) is 11.3 Å². The minimum atomic E-state index is -0.126. The van der Waals surface area contributed by atoms with Crippen LogP contribution in [0.4, 0.5) is 0 Å². The van der Waals surface area contributed by atoms with Crippen LogP contribution in [0.25, 0.3) is 11.2 Å². The Bertz CT molecular complexity index is 658. The minimum absolute atomic E-state index is 0.126. The van der Waals surface area contributed by atoms with Crippen LogP contribution < -0.4 is 0 Å². The number of rotatable bonds is 3. The summed E-state index contributed by atoms with van der Waals surface area (Å²) in [5, 5.41) is 1.95. The Morgan fingerprint density at radius 1 is 1.39 bits per heavy atom. The van der Waals surface area contributed by atoms with E-state index in [-0.39, 0.29) is 5.38 Å². The van der Waals surface area contributed by atoms with Gasteiger partial charge in [0.2, 0.25) is 0 Å². The molecule has 0 spiro atoms. The average molecular weight is 278 g/mol. The largest absolute Gasteiger partial charge is 0.306 e. The number of aromatic nitrogens is 3. The molecular formula is C13H12ClN3S. The van der Waals surface area contributed by atoms with E-state index < -0.39 is 0 Å². The summed E-state index contributed by atoms with van der Waals surface area (Å²) in [6, 6.07) is 8.03. The zero-order valence-electron chi connectivity index (χ0n) is 9.88. The molecule has 0 aliphatic carbocycles. The third-order valence-corrected chi connectivity index (χ3v) is 3.84. The number of nitrogens with zero attached hydrogens (tertiary/aromatic N) is 3. The molecule has 0 aromatic carbocycles. The summed E-state index contributed by atoms with van der Waals surface area (Å²) in [5.74, 6) is 0.874. The van der Waals surface area contributed by atoms with Crippen molar-refractivity contribution in [3.63, 3.8) is 0 Å². The van der Waals surface area contributed by atoms with Crippen LogP contribution in [0.1, 0.15) is 23.0 Å². The zero-order valence-corrected chi connectivity index (χ0v) is 11.4. The molecule has 92 valence electrons. The van der Waals surface area contributed by atoms with Crippen molar-refractivity contribution in [2.75, 3.05) is 0 Å². The van der Waals surface area contributed by atoms with Gasteiger partial charge >= 0.3 is 0 Å². The fraction of sp³-hybridized carbons (Fsp3) is 0.231. The van der Waals surface area contributed by atoms with Gasteiger partial charge in [0, 0.05) is 11.1 Å². The van der Waals surface area contributed by atoms with Crippen LogP contribution >= 0.6 is 22.9 Å². The fourth-order valence-electron chi connectivity index (χ4n) is 1.99. The highest BCUT2D eigenvalue weighted by atomic mass is 35.5. The van der Waals surface area contributed by atoms with Crippen molar-refractivity contribution in [1.82, 2.24) is 14.5 Å². The maximum absolute atomic E-state index is 6.21. The lowest BCUT2D eigenvalue weighted by Crippen LogP contribution is -2.05. The lowest BCUT2D eigenvalue weighted by molar-refractivity contribution is 0.744. The Morgan fingerprint density at radius 3 is 3.00 bits per heavy atom. The molecule has 0 bridgehead atoms. The van der Waals surface area contributed by atoms with Gasteiger partial charge in [-0.25, -0.2) is 9.97 Å². The molecule has 0 aliphatic rings. The first-order valence-corrected chi connectivity index (χ1v) is 7.05. The summed E-state index contributed by atoms with van der Waals surface area (Å²) in [4.78, 5) is 10.3. The van der Waals surface area contributed by atoms with E-state index in [0.717, 1.165) is 23.5 Å². The number of hydrogen-bond donors (Lipinski definition) is 0. The van der Waals surface area contributed by atoms with Gasteiger partial charge in [-0.3, -0.25) is 0 Å². The van der Waals surface area contributed by atoms with E-state index in [1.54, 1.807) is 17.5 Å². The highest BCUT2D eigenvalue weighted by molar-refractivity contribution is 7.09. The normalized spacial score (nSPS) is 13.0. The van der Waals surface area contributed by atoms with Gasteiger partial charge in [0.25, 0.3) is 0 Å². The standard InChI is InChI=1S/C13H12ClN3S/c1-9(14)12-16-11-5-2-6-15-13(11)17(12)8-10-4-3-7-18-10/h2-7,9H,8H2,1H3. The van der Waals surface area contributed by atoms with Crippen molar-refractivity contribution in [3.05, 3.63) is 46.5 Å². The van der Waals surface area contributed by atoms with E-state index in [4.69, 9.17) is 11.6 Å². The van der Waals surface area contributed by atoms with Crippen molar-refractivity contribution >= 4 is 34.1 Å². The second kappa shape index (κ2) is 4.71. The molecule has 0 N–H and O–H groups in total. The first-order chi connectivity index (χ1) is 8.75. The number of hydrogen-bond acceptors (Lipinski definition) is 3. The number of halogens is 1. The second-order valence-corrected chi connectivity index (χ2v) is 5.78. The molecule has 1 unspecified atom stereocenters. The van der Waals surface area contributed by atoms with E-state index in [9.17, 15) is 0 Å². The topological polar surface area (TPSA) is 30.7 Å². The average Bonchev–Trinajstić information content (AvgIpc) is 2.98. The summed E-state index contributed by atoms with van der Waals surface area (Å²) in [5.41, 5.74) is 1.80. The van der Waals surface area contributed by atoms with Crippen LogP contribution in [0.15, 0.2) is 35.8 Å². The first-order valence-electron chi connectivity index (χ1n) is 5.73. The van der Waals surface area contributed by atoms with Gasteiger partial charge < -0.3 is 4.57 Å². The monoisotopic (exact) mass is 277 g/mol. The first kappa shape index (κ1) is 11.7. The molecule has 1 atom stereocenters. The van der Waals surface area contributed by atoms with Gasteiger partial charge in [0.15, 0.2) is 5.65 Å². The molecule has 0 saturated carbocycles. The van der Waals surface area contributed by atoms with Crippen LogP contribution in [0, 0.1) is 0 Å². The molecule has 3 heterocycles. The molecule has 3 rings (SSSR count). The Balaban J connectivity index is 2.15. The fourth-order valence-corrected chi connectivity index (χ4v) is 2.85. The summed E-state index contributed by atoms with van der Waals surface area (Å²) < 4.78 is 2.10. The quantitative estimate of drug-likeness (QED) is 0.681. The molecule has 0 aliphatic heterocycles. The van der Waals surface area contributed by atoms with Crippen molar-refractivity contribution < 1.29 is 0 Å². The summed E-state index contributed by atoms with van der Waals surface area (Å²) in [7, 11) is 0. The predicted octanol–water partition coefficient (Wildman–Crippen LogP) is 3.84. The molecule has 3 nitrogen and oxygen atoms in total. The van der Waals surface area contributed by atoms with Gasteiger partial charge in [-0.05, 0) is 30.5 Å². The third-order valence-electron chi connectivity index (χ3n) is 2.78. The summed E-state index contributed by atoms with van der Waals surface area (Å²) >= 11 is 7.94. The number of alkyl halides is 1. The number of pyridine rings is 1. The second-order valence-electron chi connectivity index (χ2n) is 4.10. The van der Waals surface area contributed by atoms with Crippen LogP contribution in [-0.2, 0) is 6.54 Å². The lowest BCUT2D eigenvalue weighted by Gasteiger charge is -2.08. The van der Waals surface area contributed by atoms with Gasteiger partial charge in [-0.1, -0.05) is 6.07 Å². The van der Waals surface area contributed by atoms with Gasteiger partial charge in [0.05, 0.1) is 11.9 Å². The molecule has 0 fully saturated rings. The molecule has 3 aromatic heterocycles. The molecule has 18 heavy (non-hydrogen) atoms. The van der Waals surface area contributed by atoms with Crippen LogP contribution in [-0.4, -0.2) is 14.5 Å². The van der Waals surface area contributed by atoms with Crippen molar-refractivity contribution in [3.8, 4) is 0 Å². The molecule has 3 aromatic rings. The third kappa shape index (κ3) is 2.02. The number of imidazole rings is 1.